The maximum atomic E-state index is 11.6. The topological polar surface area (TPSA) is 77.2 Å². The third-order valence-corrected chi connectivity index (χ3v) is 4.77. The predicted octanol–water partition coefficient (Wildman–Crippen LogP) is 0.710. The van der Waals surface area contributed by atoms with Gasteiger partial charge in [-0.15, -0.1) is 0 Å². The summed E-state index contributed by atoms with van der Waals surface area (Å²) in [6, 6.07) is 4.23. The average molecular weight is 360 g/mol. The minimum absolute atomic E-state index is 0.0666. The molecule has 3 rings (SSSR count). The van der Waals surface area contributed by atoms with E-state index in [-0.39, 0.29) is 12.5 Å². The molecular weight excluding hydrogens is 332 g/mol. The number of hydrogen-bond donors (Lipinski definition) is 1. The third kappa shape index (κ3) is 4.70. The molecule has 142 valence electrons. The standard InChI is InChI=1S/C18H28N6O2/c1-14-8-17(22(2)21-14)12-23-9-15(4-6-19-18(25)13-26-3)10-24-16(11-23)5-7-20-24/h5,7-8,15H,4,6,9-13H2,1-3H3,(H,19,25). The molecular formula is C18H28N6O2. The van der Waals surface area contributed by atoms with E-state index in [4.69, 9.17) is 4.74 Å². The van der Waals surface area contributed by atoms with Crippen LogP contribution in [0.25, 0.3) is 0 Å². The van der Waals surface area contributed by atoms with E-state index >= 15 is 0 Å². The van der Waals surface area contributed by atoms with Gasteiger partial charge in [0.25, 0.3) is 0 Å². The van der Waals surface area contributed by atoms with Crippen LogP contribution < -0.4 is 5.32 Å². The van der Waals surface area contributed by atoms with Gasteiger partial charge in [0.2, 0.25) is 5.91 Å². The zero-order valence-electron chi connectivity index (χ0n) is 15.8. The largest absolute Gasteiger partial charge is 0.375 e. The van der Waals surface area contributed by atoms with E-state index in [9.17, 15) is 4.79 Å². The number of aromatic nitrogens is 4. The van der Waals surface area contributed by atoms with Crippen molar-refractivity contribution in [3.05, 3.63) is 35.4 Å². The van der Waals surface area contributed by atoms with Crippen molar-refractivity contribution in [2.75, 3.05) is 26.8 Å². The molecule has 0 saturated carbocycles. The number of nitrogens with one attached hydrogen (secondary N) is 1. The maximum absolute atomic E-state index is 11.6. The molecule has 0 spiro atoms. The Morgan fingerprint density at radius 3 is 3.00 bits per heavy atom. The van der Waals surface area contributed by atoms with Crippen LogP contribution in [0.15, 0.2) is 18.3 Å². The van der Waals surface area contributed by atoms with Gasteiger partial charge >= 0.3 is 0 Å². The number of aryl methyl sites for hydroxylation is 2. The second-order valence-electron chi connectivity index (χ2n) is 7.01. The highest BCUT2D eigenvalue weighted by Gasteiger charge is 2.23. The van der Waals surface area contributed by atoms with Gasteiger partial charge in [-0.2, -0.15) is 10.2 Å². The number of fused-ring (bicyclic) bond motifs is 1. The monoisotopic (exact) mass is 360 g/mol. The van der Waals surface area contributed by atoms with Gasteiger partial charge in [0.05, 0.1) is 17.1 Å². The van der Waals surface area contributed by atoms with Crippen molar-refractivity contribution >= 4 is 5.91 Å². The highest BCUT2D eigenvalue weighted by Crippen LogP contribution is 2.20. The third-order valence-electron chi connectivity index (χ3n) is 4.77. The number of nitrogens with zero attached hydrogens (tertiary/aromatic N) is 5. The Morgan fingerprint density at radius 1 is 1.42 bits per heavy atom. The first-order chi connectivity index (χ1) is 12.5. The summed E-state index contributed by atoms with van der Waals surface area (Å²) < 4.78 is 8.91. The first-order valence-corrected chi connectivity index (χ1v) is 9.03. The minimum atomic E-state index is -0.0666. The molecule has 8 nitrogen and oxygen atoms in total. The van der Waals surface area contributed by atoms with E-state index < -0.39 is 0 Å². The van der Waals surface area contributed by atoms with Gasteiger partial charge in [-0.1, -0.05) is 0 Å². The lowest BCUT2D eigenvalue weighted by molar-refractivity contribution is -0.124. The van der Waals surface area contributed by atoms with Crippen LogP contribution in [0.1, 0.15) is 23.5 Å². The number of ether oxygens (including phenoxy) is 1. The molecule has 26 heavy (non-hydrogen) atoms. The van der Waals surface area contributed by atoms with Crippen LogP contribution in [0, 0.1) is 12.8 Å². The SMILES string of the molecule is COCC(=O)NCCC1CN(Cc2cc(C)nn2C)Cc2ccnn2C1. The van der Waals surface area contributed by atoms with Crippen LogP contribution in [0.5, 0.6) is 0 Å². The molecule has 1 aliphatic heterocycles. The summed E-state index contributed by atoms with van der Waals surface area (Å²) in [5, 5.41) is 11.8. The Labute approximate surface area is 154 Å². The molecule has 2 aromatic rings. The van der Waals surface area contributed by atoms with E-state index in [1.54, 1.807) is 0 Å². The highest BCUT2D eigenvalue weighted by atomic mass is 16.5. The molecule has 2 aromatic heterocycles. The van der Waals surface area contributed by atoms with Gasteiger partial charge in [0, 0.05) is 53.1 Å². The summed E-state index contributed by atoms with van der Waals surface area (Å²) in [5.74, 6) is 0.358. The molecule has 1 aliphatic rings. The van der Waals surface area contributed by atoms with Gasteiger partial charge in [0.1, 0.15) is 6.61 Å². The van der Waals surface area contributed by atoms with Crippen LogP contribution in [0.3, 0.4) is 0 Å². The van der Waals surface area contributed by atoms with Gasteiger partial charge < -0.3 is 10.1 Å². The zero-order valence-corrected chi connectivity index (χ0v) is 15.8. The summed E-state index contributed by atoms with van der Waals surface area (Å²) in [6.07, 6.45) is 2.78. The average Bonchev–Trinajstić information content (AvgIpc) is 3.09. The summed E-state index contributed by atoms with van der Waals surface area (Å²) in [6.45, 7) is 6.36. The number of hydrogen-bond acceptors (Lipinski definition) is 5. The van der Waals surface area contributed by atoms with Crippen LogP contribution >= 0.6 is 0 Å². The number of rotatable bonds is 7. The summed E-state index contributed by atoms with van der Waals surface area (Å²) in [5.41, 5.74) is 3.48. The fourth-order valence-corrected chi connectivity index (χ4v) is 3.56. The van der Waals surface area contributed by atoms with Gasteiger partial charge in [-0.25, -0.2) is 0 Å². The molecule has 0 aromatic carbocycles. The lowest BCUT2D eigenvalue weighted by Crippen LogP contribution is -2.33. The normalized spacial score (nSPS) is 17.7. The number of methoxy groups -OCH3 is 1. The summed E-state index contributed by atoms with van der Waals surface area (Å²) in [7, 11) is 3.52. The van der Waals surface area contributed by atoms with Crippen molar-refractivity contribution in [1.29, 1.82) is 0 Å². The Kier molecular flexibility index (Phi) is 6.05. The quantitative estimate of drug-likeness (QED) is 0.787. The van der Waals surface area contributed by atoms with E-state index in [0.29, 0.717) is 12.5 Å². The predicted molar refractivity (Wildman–Crippen MR) is 97.3 cm³/mol. The molecule has 1 unspecified atom stereocenters. The smallest absolute Gasteiger partial charge is 0.245 e. The van der Waals surface area contributed by atoms with Crippen molar-refractivity contribution in [3.63, 3.8) is 0 Å². The molecule has 8 heteroatoms. The maximum Gasteiger partial charge on any atom is 0.245 e. The highest BCUT2D eigenvalue weighted by molar-refractivity contribution is 5.77. The fraction of sp³-hybridized carbons (Fsp3) is 0.611. The lowest BCUT2D eigenvalue weighted by Gasteiger charge is -2.24. The molecule has 0 aliphatic carbocycles. The van der Waals surface area contributed by atoms with E-state index in [1.807, 2.05) is 24.9 Å². The molecule has 1 amide bonds. The fourth-order valence-electron chi connectivity index (χ4n) is 3.56. The second-order valence-corrected chi connectivity index (χ2v) is 7.01. The summed E-state index contributed by atoms with van der Waals surface area (Å²) >= 11 is 0. The first kappa shape index (κ1) is 18.6. The Balaban J connectivity index is 1.64. The molecule has 3 heterocycles. The molecule has 0 saturated heterocycles. The molecule has 0 fully saturated rings. The van der Waals surface area contributed by atoms with Crippen LogP contribution in [0.2, 0.25) is 0 Å². The first-order valence-electron chi connectivity index (χ1n) is 9.03. The van der Waals surface area contributed by atoms with Gasteiger partial charge in [-0.3, -0.25) is 19.1 Å². The van der Waals surface area contributed by atoms with Crippen molar-refractivity contribution in [2.24, 2.45) is 13.0 Å². The molecule has 1 N–H and O–H groups in total. The lowest BCUT2D eigenvalue weighted by atomic mass is 10.1. The van der Waals surface area contributed by atoms with E-state index in [1.165, 1.54) is 18.5 Å². The van der Waals surface area contributed by atoms with Crippen molar-refractivity contribution < 1.29 is 9.53 Å². The Hall–Kier alpha value is -2.19. The van der Waals surface area contributed by atoms with Crippen molar-refractivity contribution in [3.8, 4) is 0 Å². The van der Waals surface area contributed by atoms with Gasteiger partial charge in [0.15, 0.2) is 0 Å². The number of carbonyl (C=O) groups excluding carboxylic acids is 1. The zero-order chi connectivity index (χ0) is 18.5. The van der Waals surface area contributed by atoms with Gasteiger partial charge in [-0.05, 0) is 31.4 Å². The number of amides is 1. The van der Waals surface area contributed by atoms with E-state index in [2.05, 4.69) is 37.2 Å². The second kappa shape index (κ2) is 8.46. The Bertz CT molecular complexity index is 738. The molecule has 0 radical (unpaired) electrons. The Morgan fingerprint density at radius 2 is 2.27 bits per heavy atom. The minimum Gasteiger partial charge on any atom is -0.375 e. The molecule has 0 bridgehead atoms. The van der Waals surface area contributed by atoms with E-state index in [0.717, 1.165) is 38.3 Å². The van der Waals surface area contributed by atoms with Crippen LogP contribution in [-0.4, -0.2) is 57.2 Å². The summed E-state index contributed by atoms with van der Waals surface area (Å²) in [4.78, 5) is 14.0. The van der Waals surface area contributed by atoms with Crippen LogP contribution in [-0.2, 0) is 36.2 Å². The molecule has 1 atom stereocenters. The number of carbonyl (C=O) groups is 1. The van der Waals surface area contributed by atoms with Crippen molar-refractivity contribution in [2.45, 2.75) is 33.0 Å². The van der Waals surface area contributed by atoms with Crippen LogP contribution in [0.4, 0.5) is 0 Å². The van der Waals surface area contributed by atoms with Crippen molar-refractivity contribution in [1.82, 2.24) is 29.8 Å².